The van der Waals surface area contributed by atoms with Gasteiger partial charge in [0.1, 0.15) is 0 Å². The highest BCUT2D eigenvalue weighted by Crippen LogP contribution is 2.13. The van der Waals surface area contributed by atoms with Crippen molar-refractivity contribution in [1.82, 2.24) is 9.80 Å². The summed E-state index contributed by atoms with van der Waals surface area (Å²) in [6.45, 7) is 3.74. The van der Waals surface area contributed by atoms with E-state index in [1.54, 1.807) is 0 Å². The third kappa shape index (κ3) is 3.72. The molecule has 2 aliphatic heterocycles. The molecule has 0 aromatic carbocycles. The van der Waals surface area contributed by atoms with Crippen molar-refractivity contribution in [3.8, 4) is 0 Å². The van der Waals surface area contributed by atoms with Crippen molar-refractivity contribution in [2.45, 2.75) is 51.4 Å². The van der Waals surface area contributed by atoms with E-state index in [0.29, 0.717) is 12.8 Å². The van der Waals surface area contributed by atoms with Crippen LogP contribution in [0.1, 0.15) is 51.4 Å². The van der Waals surface area contributed by atoms with E-state index in [2.05, 4.69) is 0 Å². The summed E-state index contributed by atoms with van der Waals surface area (Å²) in [5.74, 6) is 0.558. The smallest absolute Gasteiger partial charge is 0.222 e. The highest BCUT2D eigenvalue weighted by Gasteiger charge is 2.19. The first-order chi connectivity index (χ1) is 8.77. The van der Waals surface area contributed by atoms with Gasteiger partial charge in [0, 0.05) is 39.0 Å². The van der Waals surface area contributed by atoms with Crippen LogP contribution in [0.15, 0.2) is 0 Å². The number of unbranched alkanes of at least 4 members (excludes halogenated alkanes) is 1. The average molecular weight is 252 g/mol. The van der Waals surface area contributed by atoms with Crippen molar-refractivity contribution in [2.24, 2.45) is 0 Å². The van der Waals surface area contributed by atoms with Gasteiger partial charge in [0.05, 0.1) is 0 Å². The maximum Gasteiger partial charge on any atom is 0.222 e. The van der Waals surface area contributed by atoms with Gasteiger partial charge in [0.15, 0.2) is 0 Å². The lowest BCUT2D eigenvalue weighted by Gasteiger charge is -2.16. The van der Waals surface area contributed by atoms with E-state index >= 15 is 0 Å². The van der Waals surface area contributed by atoms with E-state index in [1.165, 1.54) is 0 Å². The maximum absolute atomic E-state index is 11.8. The molecule has 4 nitrogen and oxygen atoms in total. The largest absolute Gasteiger partial charge is 0.343 e. The number of hydrogen-bond acceptors (Lipinski definition) is 2. The molecule has 2 saturated heterocycles. The summed E-state index contributed by atoms with van der Waals surface area (Å²) in [7, 11) is 0. The highest BCUT2D eigenvalue weighted by atomic mass is 16.2. The Kier molecular flexibility index (Phi) is 5.02. The fraction of sp³-hybridized carbons (Fsp3) is 0.857. The number of carbonyl (C=O) groups excluding carboxylic acids is 2. The Morgan fingerprint density at radius 1 is 0.667 bits per heavy atom. The minimum absolute atomic E-state index is 0.279. The average Bonchev–Trinajstić information content (AvgIpc) is 3.05. The predicted molar refractivity (Wildman–Crippen MR) is 70.1 cm³/mol. The molecule has 0 aromatic rings. The molecule has 4 heteroatoms. The molecule has 0 N–H and O–H groups in total. The Morgan fingerprint density at radius 3 is 1.33 bits per heavy atom. The second-order valence-corrected chi connectivity index (χ2v) is 5.38. The van der Waals surface area contributed by atoms with Gasteiger partial charge in [-0.1, -0.05) is 0 Å². The van der Waals surface area contributed by atoms with Crippen molar-refractivity contribution >= 4 is 11.8 Å². The number of carbonyl (C=O) groups is 2. The van der Waals surface area contributed by atoms with Gasteiger partial charge in [0.25, 0.3) is 0 Å². The summed E-state index contributed by atoms with van der Waals surface area (Å²) < 4.78 is 0. The SMILES string of the molecule is O=C(CCCCC(=O)N1CCCC1)N1CCCC1. The van der Waals surface area contributed by atoms with Crippen LogP contribution in [-0.2, 0) is 9.59 Å². The molecule has 0 radical (unpaired) electrons. The van der Waals surface area contributed by atoms with Crippen LogP contribution in [-0.4, -0.2) is 47.8 Å². The Hall–Kier alpha value is -1.06. The molecule has 0 spiro atoms. The normalized spacial score (nSPS) is 19.6. The molecule has 2 fully saturated rings. The fourth-order valence-corrected chi connectivity index (χ4v) is 2.80. The van der Waals surface area contributed by atoms with Crippen molar-refractivity contribution in [2.75, 3.05) is 26.2 Å². The molecule has 0 atom stereocenters. The third-order valence-electron chi connectivity index (χ3n) is 3.95. The van der Waals surface area contributed by atoms with Gasteiger partial charge in [-0.25, -0.2) is 0 Å². The molecule has 2 heterocycles. The molecule has 2 aliphatic rings. The molecule has 2 amide bonds. The van der Waals surface area contributed by atoms with E-state index in [4.69, 9.17) is 0 Å². The number of rotatable bonds is 5. The van der Waals surface area contributed by atoms with Crippen LogP contribution in [0.2, 0.25) is 0 Å². The van der Waals surface area contributed by atoms with Crippen molar-refractivity contribution in [3.05, 3.63) is 0 Å². The maximum atomic E-state index is 11.8. The van der Waals surface area contributed by atoms with Gasteiger partial charge in [-0.15, -0.1) is 0 Å². The lowest BCUT2D eigenvalue weighted by atomic mass is 10.1. The Bertz CT molecular complexity index is 262. The molecule has 0 bridgehead atoms. The Balaban J connectivity index is 1.55. The fourth-order valence-electron chi connectivity index (χ4n) is 2.80. The zero-order chi connectivity index (χ0) is 12.8. The van der Waals surface area contributed by atoms with Crippen molar-refractivity contribution < 1.29 is 9.59 Å². The molecule has 0 aromatic heterocycles. The van der Waals surface area contributed by atoms with E-state index in [0.717, 1.165) is 64.7 Å². The molecule has 0 saturated carbocycles. The van der Waals surface area contributed by atoms with Crippen LogP contribution in [0.25, 0.3) is 0 Å². The second-order valence-electron chi connectivity index (χ2n) is 5.38. The molecular formula is C14H24N2O2. The molecule has 102 valence electrons. The van der Waals surface area contributed by atoms with Gasteiger partial charge in [-0.2, -0.15) is 0 Å². The minimum Gasteiger partial charge on any atom is -0.343 e. The second kappa shape index (κ2) is 6.76. The molecule has 2 rings (SSSR count). The highest BCUT2D eigenvalue weighted by molar-refractivity contribution is 5.77. The summed E-state index contributed by atoms with van der Waals surface area (Å²) >= 11 is 0. The van der Waals surface area contributed by atoms with Gasteiger partial charge in [-0.3, -0.25) is 9.59 Å². The monoisotopic (exact) mass is 252 g/mol. The van der Waals surface area contributed by atoms with E-state index in [9.17, 15) is 9.59 Å². The van der Waals surface area contributed by atoms with E-state index in [1.807, 2.05) is 9.80 Å². The van der Waals surface area contributed by atoms with Gasteiger partial charge < -0.3 is 9.80 Å². The zero-order valence-corrected chi connectivity index (χ0v) is 11.2. The summed E-state index contributed by atoms with van der Waals surface area (Å²) in [6, 6.07) is 0. The lowest BCUT2D eigenvalue weighted by Crippen LogP contribution is -2.28. The van der Waals surface area contributed by atoms with E-state index in [-0.39, 0.29) is 11.8 Å². The van der Waals surface area contributed by atoms with Crippen molar-refractivity contribution in [1.29, 1.82) is 0 Å². The van der Waals surface area contributed by atoms with Crippen LogP contribution < -0.4 is 0 Å². The quantitative estimate of drug-likeness (QED) is 0.700. The first-order valence-corrected chi connectivity index (χ1v) is 7.33. The summed E-state index contributed by atoms with van der Waals surface area (Å²) in [5, 5.41) is 0. The summed E-state index contributed by atoms with van der Waals surface area (Å²) in [5.41, 5.74) is 0. The first-order valence-electron chi connectivity index (χ1n) is 7.33. The van der Waals surface area contributed by atoms with Gasteiger partial charge in [-0.05, 0) is 38.5 Å². The minimum atomic E-state index is 0.279. The lowest BCUT2D eigenvalue weighted by molar-refractivity contribution is -0.132. The van der Waals surface area contributed by atoms with Crippen LogP contribution in [0.4, 0.5) is 0 Å². The van der Waals surface area contributed by atoms with E-state index < -0.39 is 0 Å². The predicted octanol–water partition coefficient (Wildman–Crippen LogP) is 1.79. The molecular weight excluding hydrogens is 228 g/mol. The number of nitrogens with zero attached hydrogens (tertiary/aromatic N) is 2. The van der Waals surface area contributed by atoms with Crippen molar-refractivity contribution in [3.63, 3.8) is 0 Å². The van der Waals surface area contributed by atoms with Gasteiger partial charge in [0.2, 0.25) is 11.8 Å². The molecule has 0 unspecified atom stereocenters. The summed E-state index contributed by atoms with van der Waals surface area (Å²) in [6.07, 6.45) is 7.56. The Morgan fingerprint density at radius 2 is 1.00 bits per heavy atom. The van der Waals surface area contributed by atoms with Crippen LogP contribution in [0, 0.1) is 0 Å². The standard InChI is InChI=1S/C14H24N2O2/c17-13(15-9-3-4-10-15)7-1-2-8-14(18)16-11-5-6-12-16/h1-12H2. The first kappa shape index (κ1) is 13.4. The van der Waals surface area contributed by atoms with Crippen LogP contribution >= 0.6 is 0 Å². The zero-order valence-electron chi connectivity index (χ0n) is 11.2. The Labute approximate surface area is 109 Å². The number of hydrogen-bond donors (Lipinski definition) is 0. The summed E-state index contributed by atoms with van der Waals surface area (Å²) in [4.78, 5) is 27.5. The number of amides is 2. The molecule has 0 aliphatic carbocycles. The third-order valence-corrected chi connectivity index (χ3v) is 3.95. The topological polar surface area (TPSA) is 40.6 Å². The number of likely N-dealkylation sites (tertiary alicyclic amines) is 2. The molecule has 18 heavy (non-hydrogen) atoms. The van der Waals surface area contributed by atoms with Crippen LogP contribution in [0.3, 0.4) is 0 Å². The van der Waals surface area contributed by atoms with Gasteiger partial charge >= 0.3 is 0 Å². The van der Waals surface area contributed by atoms with Crippen LogP contribution in [0.5, 0.6) is 0 Å².